The summed E-state index contributed by atoms with van der Waals surface area (Å²) in [7, 11) is 4.31. The minimum absolute atomic E-state index is 0.316. The third-order valence-electron chi connectivity index (χ3n) is 3.85. The molecule has 0 aliphatic carbocycles. The van der Waals surface area contributed by atoms with Crippen molar-refractivity contribution < 1.29 is 0 Å². The van der Waals surface area contributed by atoms with Crippen molar-refractivity contribution in [3.8, 4) is 0 Å². The number of hydrogen-bond donors (Lipinski definition) is 1. The molecule has 102 valence electrons. The van der Waals surface area contributed by atoms with Gasteiger partial charge in [-0.1, -0.05) is 13.8 Å². The van der Waals surface area contributed by atoms with Crippen molar-refractivity contribution in [2.24, 2.45) is 5.92 Å². The van der Waals surface area contributed by atoms with Crippen LogP contribution < -0.4 is 5.32 Å². The molecule has 0 spiro atoms. The van der Waals surface area contributed by atoms with E-state index in [9.17, 15) is 0 Å². The molecule has 0 aromatic rings. The monoisotopic (exact) mass is 241 g/mol. The molecular formula is C14H31N3. The lowest BCUT2D eigenvalue weighted by molar-refractivity contribution is 0.0626. The standard InChI is InChI=1S/C14H31N3/c1-12(2)10-17-13(9-15-5)11-16(6)8-7-14(17,3)4/h12-13,15H,7-11H2,1-6H3. The van der Waals surface area contributed by atoms with Crippen molar-refractivity contribution in [2.75, 3.05) is 40.3 Å². The van der Waals surface area contributed by atoms with Crippen LogP contribution in [-0.2, 0) is 0 Å². The number of hydrogen-bond acceptors (Lipinski definition) is 3. The van der Waals surface area contributed by atoms with Crippen molar-refractivity contribution in [3.63, 3.8) is 0 Å². The Bertz CT molecular complexity index is 226. The molecular weight excluding hydrogens is 210 g/mol. The van der Waals surface area contributed by atoms with Gasteiger partial charge in [-0.25, -0.2) is 0 Å². The lowest BCUT2D eigenvalue weighted by Gasteiger charge is -2.43. The largest absolute Gasteiger partial charge is 0.318 e. The number of likely N-dealkylation sites (N-methyl/N-ethyl adjacent to an activating group) is 2. The van der Waals surface area contributed by atoms with E-state index in [-0.39, 0.29) is 0 Å². The van der Waals surface area contributed by atoms with Crippen molar-refractivity contribution >= 4 is 0 Å². The second-order valence-corrected chi connectivity index (χ2v) is 6.58. The molecule has 1 N–H and O–H groups in total. The van der Waals surface area contributed by atoms with Crippen LogP contribution in [0.15, 0.2) is 0 Å². The average Bonchev–Trinajstić information content (AvgIpc) is 2.30. The second-order valence-electron chi connectivity index (χ2n) is 6.58. The minimum Gasteiger partial charge on any atom is -0.318 e. The molecule has 1 unspecified atom stereocenters. The van der Waals surface area contributed by atoms with Crippen molar-refractivity contribution in [1.29, 1.82) is 0 Å². The summed E-state index contributed by atoms with van der Waals surface area (Å²) in [4.78, 5) is 5.20. The molecule has 1 atom stereocenters. The number of rotatable bonds is 4. The summed E-state index contributed by atoms with van der Waals surface area (Å²) in [5.41, 5.74) is 0.316. The molecule has 1 rings (SSSR count). The van der Waals surface area contributed by atoms with Crippen LogP contribution in [0.1, 0.15) is 34.1 Å². The van der Waals surface area contributed by atoms with E-state index in [2.05, 4.69) is 56.9 Å². The van der Waals surface area contributed by atoms with E-state index >= 15 is 0 Å². The van der Waals surface area contributed by atoms with Gasteiger partial charge in [-0.05, 0) is 46.8 Å². The van der Waals surface area contributed by atoms with Gasteiger partial charge in [0.25, 0.3) is 0 Å². The fraction of sp³-hybridized carbons (Fsp3) is 1.00. The molecule has 0 aromatic heterocycles. The Labute approximate surface area is 108 Å². The zero-order valence-electron chi connectivity index (χ0n) is 12.6. The van der Waals surface area contributed by atoms with Crippen LogP contribution in [0.3, 0.4) is 0 Å². The smallest absolute Gasteiger partial charge is 0.0353 e. The fourth-order valence-corrected chi connectivity index (χ4v) is 2.85. The van der Waals surface area contributed by atoms with Crippen LogP contribution >= 0.6 is 0 Å². The topological polar surface area (TPSA) is 18.5 Å². The first-order valence-electron chi connectivity index (χ1n) is 6.96. The summed E-state index contributed by atoms with van der Waals surface area (Å²) >= 11 is 0. The number of nitrogens with zero attached hydrogens (tertiary/aromatic N) is 2. The third-order valence-corrected chi connectivity index (χ3v) is 3.85. The van der Waals surface area contributed by atoms with Crippen LogP contribution in [0.2, 0.25) is 0 Å². The average molecular weight is 241 g/mol. The lowest BCUT2D eigenvalue weighted by atomic mass is 9.95. The van der Waals surface area contributed by atoms with E-state index in [4.69, 9.17) is 0 Å². The Hall–Kier alpha value is -0.120. The highest BCUT2D eigenvalue weighted by molar-refractivity contribution is 4.92. The first kappa shape index (κ1) is 14.9. The molecule has 0 saturated carbocycles. The van der Waals surface area contributed by atoms with Gasteiger partial charge in [0.15, 0.2) is 0 Å². The quantitative estimate of drug-likeness (QED) is 0.807. The molecule has 0 aromatic carbocycles. The van der Waals surface area contributed by atoms with Gasteiger partial charge in [0.2, 0.25) is 0 Å². The Morgan fingerprint density at radius 1 is 1.35 bits per heavy atom. The van der Waals surface area contributed by atoms with E-state index in [1.165, 1.54) is 26.1 Å². The molecule has 17 heavy (non-hydrogen) atoms. The van der Waals surface area contributed by atoms with Crippen LogP contribution in [-0.4, -0.2) is 61.7 Å². The molecule has 0 amide bonds. The Balaban J connectivity index is 2.85. The van der Waals surface area contributed by atoms with Gasteiger partial charge in [-0.3, -0.25) is 4.90 Å². The maximum absolute atomic E-state index is 3.36. The maximum atomic E-state index is 3.36. The van der Waals surface area contributed by atoms with Crippen molar-refractivity contribution in [3.05, 3.63) is 0 Å². The van der Waals surface area contributed by atoms with Gasteiger partial charge in [0.05, 0.1) is 0 Å². The van der Waals surface area contributed by atoms with Gasteiger partial charge < -0.3 is 10.2 Å². The highest BCUT2D eigenvalue weighted by Gasteiger charge is 2.35. The van der Waals surface area contributed by atoms with E-state index in [1.54, 1.807) is 0 Å². The molecule has 3 nitrogen and oxygen atoms in total. The SMILES string of the molecule is CNCC1CN(C)CCC(C)(C)N1CC(C)C. The Morgan fingerprint density at radius 2 is 2.00 bits per heavy atom. The van der Waals surface area contributed by atoms with Crippen LogP contribution in [0.25, 0.3) is 0 Å². The summed E-state index contributed by atoms with van der Waals surface area (Å²) in [6, 6.07) is 0.630. The molecule has 3 heteroatoms. The predicted octanol–water partition coefficient (Wildman–Crippen LogP) is 1.65. The van der Waals surface area contributed by atoms with Crippen molar-refractivity contribution in [2.45, 2.75) is 45.7 Å². The first-order chi connectivity index (χ1) is 7.86. The van der Waals surface area contributed by atoms with Crippen LogP contribution in [0.5, 0.6) is 0 Å². The predicted molar refractivity (Wildman–Crippen MR) is 75.5 cm³/mol. The first-order valence-corrected chi connectivity index (χ1v) is 6.96. The third kappa shape index (κ3) is 4.23. The molecule has 1 saturated heterocycles. The van der Waals surface area contributed by atoms with Crippen molar-refractivity contribution in [1.82, 2.24) is 15.1 Å². The zero-order valence-corrected chi connectivity index (χ0v) is 12.6. The normalized spacial score (nSPS) is 27.4. The molecule has 0 bridgehead atoms. The van der Waals surface area contributed by atoms with E-state index in [1.807, 2.05) is 0 Å². The molecule has 1 aliphatic heterocycles. The van der Waals surface area contributed by atoms with Gasteiger partial charge in [0.1, 0.15) is 0 Å². The Morgan fingerprint density at radius 3 is 2.53 bits per heavy atom. The highest BCUT2D eigenvalue weighted by Crippen LogP contribution is 2.26. The summed E-state index contributed by atoms with van der Waals surface area (Å²) in [5.74, 6) is 0.733. The summed E-state index contributed by atoms with van der Waals surface area (Å²) in [6.45, 7) is 14.1. The summed E-state index contributed by atoms with van der Waals surface area (Å²) < 4.78 is 0. The Kier molecular flexibility index (Phi) is 5.42. The second kappa shape index (κ2) is 6.17. The summed E-state index contributed by atoms with van der Waals surface area (Å²) in [6.07, 6.45) is 1.26. The van der Waals surface area contributed by atoms with E-state index in [0.717, 1.165) is 12.5 Å². The van der Waals surface area contributed by atoms with E-state index in [0.29, 0.717) is 11.6 Å². The minimum atomic E-state index is 0.316. The number of nitrogens with one attached hydrogen (secondary N) is 1. The molecule has 1 fully saturated rings. The molecule has 1 heterocycles. The van der Waals surface area contributed by atoms with Crippen LogP contribution in [0.4, 0.5) is 0 Å². The van der Waals surface area contributed by atoms with E-state index < -0.39 is 0 Å². The fourth-order valence-electron chi connectivity index (χ4n) is 2.85. The molecule has 0 radical (unpaired) electrons. The lowest BCUT2D eigenvalue weighted by Crippen LogP contribution is -2.55. The van der Waals surface area contributed by atoms with Gasteiger partial charge in [-0.15, -0.1) is 0 Å². The summed E-state index contributed by atoms with van der Waals surface area (Å²) in [5, 5.41) is 3.36. The van der Waals surface area contributed by atoms with Gasteiger partial charge in [-0.2, -0.15) is 0 Å². The highest BCUT2D eigenvalue weighted by atomic mass is 15.3. The van der Waals surface area contributed by atoms with Gasteiger partial charge in [0, 0.05) is 31.2 Å². The molecule has 1 aliphatic rings. The maximum Gasteiger partial charge on any atom is 0.0353 e. The van der Waals surface area contributed by atoms with Gasteiger partial charge >= 0.3 is 0 Å². The van der Waals surface area contributed by atoms with Crippen LogP contribution in [0, 0.1) is 5.92 Å². The zero-order chi connectivity index (χ0) is 13.1.